The van der Waals surface area contributed by atoms with Crippen molar-refractivity contribution in [1.82, 2.24) is 24.8 Å². The van der Waals surface area contributed by atoms with E-state index in [0.29, 0.717) is 35.5 Å². The quantitative estimate of drug-likeness (QED) is 0.610. The number of nitrogens with zero attached hydrogens (tertiary/aromatic N) is 4. The SMILES string of the molecule is CCOc1ccc(-n2c([C@@H](C)NC3CCN(C(C)C)CC3)nc3ncccc3c2=O)cc1. The van der Waals surface area contributed by atoms with Crippen molar-refractivity contribution in [3.05, 3.63) is 58.8 Å². The van der Waals surface area contributed by atoms with E-state index in [2.05, 4.69) is 36.0 Å². The first-order chi connectivity index (χ1) is 15.5. The van der Waals surface area contributed by atoms with Gasteiger partial charge in [0.1, 0.15) is 11.6 Å². The molecular weight excluding hydrogens is 402 g/mol. The summed E-state index contributed by atoms with van der Waals surface area (Å²) < 4.78 is 7.28. The molecule has 1 aliphatic rings. The van der Waals surface area contributed by atoms with Gasteiger partial charge in [-0.1, -0.05) is 0 Å². The Hall–Kier alpha value is -2.77. The molecule has 170 valence electrons. The number of hydrogen-bond donors (Lipinski definition) is 1. The summed E-state index contributed by atoms with van der Waals surface area (Å²) in [5.74, 6) is 1.46. The van der Waals surface area contributed by atoms with Crippen molar-refractivity contribution in [1.29, 1.82) is 0 Å². The van der Waals surface area contributed by atoms with E-state index in [4.69, 9.17) is 9.72 Å². The van der Waals surface area contributed by atoms with Crippen LogP contribution >= 0.6 is 0 Å². The fraction of sp³-hybridized carbons (Fsp3) is 0.480. The molecule has 0 amide bonds. The van der Waals surface area contributed by atoms with E-state index in [-0.39, 0.29) is 11.6 Å². The molecule has 0 unspecified atom stereocenters. The highest BCUT2D eigenvalue weighted by Gasteiger charge is 2.25. The summed E-state index contributed by atoms with van der Waals surface area (Å²) in [5.41, 5.74) is 1.15. The third-order valence-electron chi connectivity index (χ3n) is 6.21. The van der Waals surface area contributed by atoms with Gasteiger partial charge in [0.25, 0.3) is 5.56 Å². The second kappa shape index (κ2) is 9.79. The van der Waals surface area contributed by atoms with E-state index in [1.807, 2.05) is 31.2 Å². The molecule has 0 saturated carbocycles. The number of aromatic nitrogens is 3. The van der Waals surface area contributed by atoms with Gasteiger partial charge >= 0.3 is 0 Å². The maximum absolute atomic E-state index is 13.5. The van der Waals surface area contributed by atoms with Crippen LogP contribution in [0.15, 0.2) is 47.4 Å². The maximum Gasteiger partial charge on any atom is 0.267 e. The Labute approximate surface area is 189 Å². The Morgan fingerprint density at radius 2 is 1.84 bits per heavy atom. The number of piperidine rings is 1. The highest BCUT2D eigenvalue weighted by Crippen LogP contribution is 2.22. The number of benzene rings is 1. The zero-order chi connectivity index (χ0) is 22.7. The van der Waals surface area contributed by atoms with Crippen LogP contribution in [0.25, 0.3) is 16.7 Å². The summed E-state index contributed by atoms with van der Waals surface area (Å²) in [4.78, 5) is 25.2. The molecular formula is C25H33N5O2. The largest absolute Gasteiger partial charge is 0.494 e. The van der Waals surface area contributed by atoms with Gasteiger partial charge < -0.3 is 15.0 Å². The Bertz CT molecular complexity index is 1100. The lowest BCUT2D eigenvalue weighted by Gasteiger charge is -2.36. The minimum atomic E-state index is -0.106. The Morgan fingerprint density at radius 3 is 2.50 bits per heavy atom. The number of rotatable bonds is 7. The van der Waals surface area contributed by atoms with E-state index in [1.165, 1.54) is 0 Å². The van der Waals surface area contributed by atoms with E-state index in [1.54, 1.807) is 22.9 Å². The van der Waals surface area contributed by atoms with Crippen LogP contribution in [0.4, 0.5) is 0 Å². The van der Waals surface area contributed by atoms with Crippen LogP contribution in [0.1, 0.15) is 52.4 Å². The molecule has 0 aliphatic carbocycles. The number of nitrogens with one attached hydrogen (secondary N) is 1. The minimum absolute atomic E-state index is 0.101. The van der Waals surface area contributed by atoms with E-state index >= 15 is 0 Å². The van der Waals surface area contributed by atoms with Gasteiger partial charge in [0.15, 0.2) is 5.65 Å². The molecule has 1 saturated heterocycles. The summed E-state index contributed by atoms with van der Waals surface area (Å²) in [6.45, 7) is 11.3. The smallest absolute Gasteiger partial charge is 0.267 e. The first-order valence-corrected chi connectivity index (χ1v) is 11.6. The number of pyridine rings is 1. The second-order valence-corrected chi connectivity index (χ2v) is 8.70. The van der Waals surface area contributed by atoms with Crippen LogP contribution < -0.4 is 15.6 Å². The van der Waals surface area contributed by atoms with Gasteiger partial charge in [0.05, 0.1) is 23.7 Å². The molecule has 1 N–H and O–H groups in total. The van der Waals surface area contributed by atoms with Crippen molar-refractivity contribution >= 4 is 11.0 Å². The summed E-state index contributed by atoms with van der Waals surface area (Å²) in [7, 11) is 0. The van der Waals surface area contributed by atoms with Gasteiger partial charge in [-0.05, 0) is 90.0 Å². The van der Waals surface area contributed by atoms with Crippen LogP contribution in [0.2, 0.25) is 0 Å². The normalized spacial score (nSPS) is 16.5. The van der Waals surface area contributed by atoms with Crippen molar-refractivity contribution in [2.45, 2.75) is 58.7 Å². The zero-order valence-electron chi connectivity index (χ0n) is 19.4. The summed E-state index contributed by atoms with van der Waals surface area (Å²) in [5, 5.41) is 4.24. The van der Waals surface area contributed by atoms with E-state index < -0.39 is 0 Å². The molecule has 1 aromatic carbocycles. The third kappa shape index (κ3) is 4.69. The van der Waals surface area contributed by atoms with Crippen LogP contribution in [-0.2, 0) is 0 Å². The Kier molecular flexibility index (Phi) is 6.86. The molecule has 3 aromatic rings. The van der Waals surface area contributed by atoms with Gasteiger partial charge in [-0.25, -0.2) is 9.97 Å². The lowest BCUT2D eigenvalue weighted by atomic mass is 10.0. The van der Waals surface area contributed by atoms with Gasteiger partial charge in [0, 0.05) is 18.3 Å². The highest BCUT2D eigenvalue weighted by molar-refractivity contribution is 5.73. The molecule has 1 atom stereocenters. The minimum Gasteiger partial charge on any atom is -0.494 e. The van der Waals surface area contributed by atoms with E-state index in [0.717, 1.165) is 37.4 Å². The van der Waals surface area contributed by atoms with Gasteiger partial charge in [-0.2, -0.15) is 0 Å². The maximum atomic E-state index is 13.5. The van der Waals surface area contributed by atoms with Crippen LogP contribution in [0.3, 0.4) is 0 Å². The number of likely N-dealkylation sites (tertiary alicyclic amines) is 1. The molecule has 1 fully saturated rings. The van der Waals surface area contributed by atoms with Crippen molar-refractivity contribution in [2.75, 3.05) is 19.7 Å². The first kappa shape index (κ1) is 22.4. The monoisotopic (exact) mass is 435 g/mol. The van der Waals surface area contributed by atoms with Gasteiger partial charge in [-0.3, -0.25) is 9.36 Å². The molecule has 4 rings (SSSR count). The van der Waals surface area contributed by atoms with Gasteiger partial charge in [-0.15, -0.1) is 0 Å². The molecule has 3 heterocycles. The Morgan fingerprint density at radius 1 is 1.12 bits per heavy atom. The molecule has 0 spiro atoms. The standard InChI is InChI=1S/C25H33N5O2/c1-5-32-21-10-8-20(9-11-21)30-24(28-23-22(25(30)31)7-6-14-26-23)18(4)27-19-12-15-29(16-13-19)17(2)3/h6-11,14,17-19,27H,5,12-13,15-16H2,1-4H3/t18-/m1/s1. The average molecular weight is 436 g/mol. The van der Waals surface area contributed by atoms with Crippen molar-refractivity contribution in [3.8, 4) is 11.4 Å². The van der Waals surface area contributed by atoms with Crippen molar-refractivity contribution in [3.63, 3.8) is 0 Å². The molecule has 0 radical (unpaired) electrons. The molecule has 1 aliphatic heterocycles. The highest BCUT2D eigenvalue weighted by atomic mass is 16.5. The molecule has 0 bridgehead atoms. The lowest BCUT2D eigenvalue weighted by Crippen LogP contribution is -2.46. The van der Waals surface area contributed by atoms with Crippen molar-refractivity contribution < 1.29 is 4.74 Å². The lowest BCUT2D eigenvalue weighted by molar-refractivity contribution is 0.156. The Balaban J connectivity index is 1.68. The van der Waals surface area contributed by atoms with E-state index in [9.17, 15) is 4.79 Å². The fourth-order valence-electron chi connectivity index (χ4n) is 4.44. The molecule has 7 nitrogen and oxygen atoms in total. The second-order valence-electron chi connectivity index (χ2n) is 8.70. The summed E-state index contributed by atoms with van der Waals surface area (Å²) in [6.07, 6.45) is 3.85. The molecule has 7 heteroatoms. The topological polar surface area (TPSA) is 72.3 Å². The van der Waals surface area contributed by atoms with Gasteiger partial charge in [0.2, 0.25) is 0 Å². The zero-order valence-corrected chi connectivity index (χ0v) is 19.4. The average Bonchev–Trinajstić information content (AvgIpc) is 2.80. The van der Waals surface area contributed by atoms with Crippen LogP contribution in [0, 0.1) is 0 Å². The first-order valence-electron chi connectivity index (χ1n) is 11.6. The summed E-state index contributed by atoms with van der Waals surface area (Å²) in [6, 6.07) is 12.0. The van der Waals surface area contributed by atoms with Crippen molar-refractivity contribution in [2.24, 2.45) is 0 Å². The van der Waals surface area contributed by atoms with Crippen LogP contribution in [-0.4, -0.2) is 51.2 Å². The predicted molar refractivity (Wildman–Crippen MR) is 128 cm³/mol. The van der Waals surface area contributed by atoms with Crippen LogP contribution in [0.5, 0.6) is 5.75 Å². The number of hydrogen-bond acceptors (Lipinski definition) is 6. The molecule has 2 aromatic heterocycles. The third-order valence-corrected chi connectivity index (χ3v) is 6.21. The fourth-order valence-corrected chi connectivity index (χ4v) is 4.44. The molecule has 32 heavy (non-hydrogen) atoms. The number of fused-ring (bicyclic) bond motifs is 1. The number of ether oxygens (including phenoxy) is 1. The summed E-state index contributed by atoms with van der Waals surface area (Å²) >= 11 is 0. The predicted octanol–water partition coefficient (Wildman–Crippen LogP) is 3.70.